The molecule has 0 saturated heterocycles. The lowest BCUT2D eigenvalue weighted by Gasteiger charge is -1.99. The Morgan fingerprint density at radius 1 is 1.42 bits per heavy atom. The highest BCUT2D eigenvalue weighted by Gasteiger charge is 2.11. The first kappa shape index (κ1) is 13.9. The van der Waals surface area contributed by atoms with Gasteiger partial charge in [0.25, 0.3) is 0 Å². The number of hydrogen-bond donors (Lipinski definition) is 1. The van der Waals surface area contributed by atoms with Gasteiger partial charge in [0.15, 0.2) is 5.82 Å². The molecule has 19 heavy (non-hydrogen) atoms. The van der Waals surface area contributed by atoms with Crippen molar-refractivity contribution in [3.8, 4) is 0 Å². The van der Waals surface area contributed by atoms with Crippen LogP contribution in [0.25, 0.3) is 0 Å². The van der Waals surface area contributed by atoms with Gasteiger partial charge in [0.05, 0.1) is 12.3 Å². The summed E-state index contributed by atoms with van der Waals surface area (Å²) in [5.41, 5.74) is 5.48. The highest BCUT2D eigenvalue weighted by molar-refractivity contribution is 7.98. The summed E-state index contributed by atoms with van der Waals surface area (Å²) in [6.45, 7) is 5.32. The van der Waals surface area contributed by atoms with E-state index < -0.39 is 0 Å². The predicted octanol–water partition coefficient (Wildman–Crippen LogP) is 0.506. The third-order valence-corrected chi connectivity index (χ3v) is 3.22. The van der Waals surface area contributed by atoms with E-state index in [-0.39, 0.29) is 0 Å². The maximum Gasteiger partial charge on any atom is 0.226 e. The number of tetrazole rings is 1. The Morgan fingerprint density at radius 3 is 3.00 bits per heavy atom. The topological polar surface area (TPSA) is 109 Å². The molecular formula is C10H17N7OS. The Morgan fingerprint density at radius 2 is 2.26 bits per heavy atom. The standard InChI is InChI=1S/C10H17N7OS/c1-7(2)5-9-12-8(14-18-9)6-19-10-13-15-16-17(10)4-3-11/h7H,3-6,11H2,1-2H3. The van der Waals surface area contributed by atoms with Crippen molar-refractivity contribution < 1.29 is 4.52 Å². The smallest absolute Gasteiger partial charge is 0.226 e. The molecule has 0 aliphatic carbocycles. The van der Waals surface area contributed by atoms with Gasteiger partial charge in [0.2, 0.25) is 11.0 Å². The minimum absolute atomic E-state index is 0.498. The second-order valence-electron chi connectivity index (χ2n) is 4.46. The van der Waals surface area contributed by atoms with Crippen molar-refractivity contribution in [3.05, 3.63) is 11.7 Å². The maximum atomic E-state index is 5.48. The van der Waals surface area contributed by atoms with Crippen molar-refractivity contribution in [2.75, 3.05) is 6.54 Å². The fraction of sp³-hybridized carbons (Fsp3) is 0.700. The molecule has 0 bridgehead atoms. The summed E-state index contributed by atoms with van der Waals surface area (Å²) in [6, 6.07) is 0. The van der Waals surface area contributed by atoms with E-state index >= 15 is 0 Å². The van der Waals surface area contributed by atoms with Crippen molar-refractivity contribution in [2.45, 2.75) is 37.7 Å². The normalized spacial score (nSPS) is 11.4. The number of hydrogen-bond acceptors (Lipinski definition) is 8. The fourth-order valence-electron chi connectivity index (χ4n) is 1.47. The second kappa shape index (κ2) is 6.62. The summed E-state index contributed by atoms with van der Waals surface area (Å²) < 4.78 is 6.84. The third kappa shape index (κ3) is 4.00. The second-order valence-corrected chi connectivity index (χ2v) is 5.41. The molecule has 0 fully saturated rings. The van der Waals surface area contributed by atoms with Gasteiger partial charge in [-0.2, -0.15) is 4.98 Å². The Balaban J connectivity index is 1.91. The molecule has 0 aliphatic rings. The largest absolute Gasteiger partial charge is 0.339 e. The maximum absolute atomic E-state index is 5.48. The predicted molar refractivity (Wildman–Crippen MR) is 69.3 cm³/mol. The summed E-state index contributed by atoms with van der Waals surface area (Å²) in [7, 11) is 0. The van der Waals surface area contributed by atoms with Gasteiger partial charge in [0, 0.05) is 13.0 Å². The molecule has 0 aliphatic heterocycles. The van der Waals surface area contributed by atoms with Crippen molar-refractivity contribution in [1.29, 1.82) is 0 Å². The minimum Gasteiger partial charge on any atom is -0.339 e. The van der Waals surface area contributed by atoms with Crippen LogP contribution in [0.2, 0.25) is 0 Å². The quantitative estimate of drug-likeness (QED) is 0.732. The first-order chi connectivity index (χ1) is 9.19. The zero-order chi connectivity index (χ0) is 13.7. The Hall–Kier alpha value is -1.48. The highest BCUT2D eigenvalue weighted by Crippen LogP contribution is 2.18. The zero-order valence-electron chi connectivity index (χ0n) is 11.0. The SMILES string of the molecule is CC(C)Cc1nc(CSc2nnnn2CCN)no1. The molecule has 104 valence electrons. The lowest BCUT2D eigenvalue weighted by Crippen LogP contribution is -2.12. The highest BCUT2D eigenvalue weighted by atomic mass is 32.2. The van der Waals surface area contributed by atoms with Gasteiger partial charge in [-0.25, -0.2) is 4.68 Å². The van der Waals surface area contributed by atoms with E-state index in [0.29, 0.717) is 41.6 Å². The van der Waals surface area contributed by atoms with Crippen LogP contribution in [0.5, 0.6) is 0 Å². The summed E-state index contributed by atoms with van der Waals surface area (Å²) >= 11 is 1.47. The monoisotopic (exact) mass is 283 g/mol. The van der Waals surface area contributed by atoms with Gasteiger partial charge < -0.3 is 10.3 Å². The molecule has 8 nitrogen and oxygen atoms in total. The van der Waals surface area contributed by atoms with E-state index in [9.17, 15) is 0 Å². The number of nitrogens with two attached hydrogens (primary N) is 1. The van der Waals surface area contributed by atoms with Crippen LogP contribution < -0.4 is 5.73 Å². The molecule has 0 unspecified atom stereocenters. The molecule has 0 spiro atoms. The molecule has 2 rings (SSSR count). The van der Waals surface area contributed by atoms with E-state index in [1.54, 1.807) is 4.68 Å². The van der Waals surface area contributed by atoms with Crippen LogP contribution >= 0.6 is 11.8 Å². The van der Waals surface area contributed by atoms with Crippen LogP contribution in [0.1, 0.15) is 25.6 Å². The van der Waals surface area contributed by atoms with Crippen LogP contribution in [0.15, 0.2) is 9.68 Å². The molecule has 0 radical (unpaired) electrons. The third-order valence-electron chi connectivity index (χ3n) is 2.26. The Labute approximate surface area is 115 Å². The molecule has 0 atom stereocenters. The Bertz CT molecular complexity index is 509. The molecule has 0 aromatic carbocycles. The summed E-state index contributed by atoms with van der Waals surface area (Å²) in [5, 5.41) is 16.0. The van der Waals surface area contributed by atoms with Crippen LogP contribution in [0.3, 0.4) is 0 Å². The zero-order valence-corrected chi connectivity index (χ0v) is 11.8. The number of aromatic nitrogens is 6. The van der Waals surface area contributed by atoms with Crippen LogP contribution in [0.4, 0.5) is 0 Å². The van der Waals surface area contributed by atoms with E-state index in [1.165, 1.54) is 11.8 Å². The fourth-order valence-corrected chi connectivity index (χ4v) is 2.22. The summed E-state index contributed by atoms with van der Waals surface area (Å²) in [5.74, 6) is 2.40. The van der Waals surface area contributed by atoms with E-state index in [4.69, 9.17) is 10.3 Å². The minimum atomic E-state index is 0.498. The van der Waals surface area contributed by atoms with Crippen molar-refractivity contribution in [3.63, 3.8) is 0 Å². The van der Waals surface area contributed by atoms with Crippen LogP contribution in [0, 0.1) is 5.92 Å². The molecular weight excluding hydrogens is 266 g/mol. The van der Waals surface area contributed by atoms with Crippen molar-refractivity contribution in [1.82, 2.24) is 30.3 Å². The van der Waals surface area contributed by atoms with E-state index in [1.807, 2.05) is 0 Å². The van der Waals surface area contributed by atoms with Crippen molar-refractivity contribution in [2.24, 2.45) is 11.7 Å². The van der Waals surface area contributed by atoms with Gasteiger partial charge >= 0.3 is 0 Å². The Kier molecular flexibility index (Phi) is 4.86. The number of rotatable bonds is 7. The summed E-state index contributed by atoms with van der Waals surface area (Å²) in [6.07, 6.45) is 0.794. The van der Waals surface area contributed by atoms with Gasteiger partial charge in [-0.05, 0) is 16.3 Å². The van der Waals surface area contributed by atoms with Gasteiger partial charge in [-0.15, -0.1) is 5.10 Å². The van der Waals surface area contributed by atoms with Crippen LogP contribution in [-0.2, 0) is 18.7 Å². The lowest BCUT2D eigenvalue weighted by atomic mass is 10.1. The average Bonchev–Trinajstić information content (AvgIpc) is 2.96. The van der Waals surface area contributed by atoms with Crippen LogP contribution in [-0.4, -0.2) is 36.9 Å². The van der Waals surface area contributed by atoms with Crippen molar-refractivity contribution >= 4 is 11.8 Å². The summed E-state index contributed by atoms with van der Waals surface area (Å²) in [4.78, 5) is 4.32. The van der Waals surface area contributed by atoms with E-state index in [2.05, 4.69) is 39.5 Å². The number of nitrogens with zero attached hydrogens (tertiary/aromatic N) is 6. The first-order valence-electron chi connectivity index (χ1n) is 6.09. The first-order valence-corrected chi connectivity index (χ1v) is 7.08. The molecule has 2 N–H and O–H groups in total. The molecule has 0 saturated carbocycles. The van der Waals surface area contributed by atoms with Gasteiger partial charge in [0.1, 0.15) is 0 Å². The molecule has 2 aromatic rings. The van der Waals surface area contributed by atoms with Gasteiger partial charge in [-0.1, -0.05) is 30.8 Å². The van der Waals surface area contributed by atoms with E-state index in [0.717, 1.165) is 6.42 Å². The lowest BCUT2D eigenvalue weighted by molar-refractivity contribution is 0.360. The number of thioether (sulfide) groups is 1. The molecule has 0 amide bonds. The molecule has 2 heterocycles. The average molecular weight is 283 g/mol. The van der Waals surface area contributed by atoms with Gasteiger partial charge in [-0.3, -0.25) is 0 Å². The molecule has 9 heteroatoms. The molecule has 2 aromatic heterocycles.